The van der Waals surface area contributed by atoms with E-state index in [9.17, 15) is 5.11 Å². The van der Waals surface area contributed by atoms with Crippen molar-refractivity contribution in [2.45, 2.75) is 44.1 Å². The summed E-state index contributed by atoms with van der Waals surface area (Å²) in [7, 11) is 0. The lowest BCUT2D eigenvalue weighted by Gasteiger charge is -2.19. The molecule has 0 saturated heterocycles. The molecule has 0 saturated carbocycles. The zero-order valence-electron chi connectivity index (χ0n) is 16.5. The minimum atomic E-state index is 0.0950. The summed E-state index contributed by atoms with van der Waals surface area (Å²) >= 11 is 8.14. The van der Waals surface area contributed by atoms with E-state index in [-0.39, 0.29) is 6.61 Å². The first-order valence-electron chi connectivity index (χ1n) is 9.69. The average molecular weight is 411 g/mol. The van der Waals surface area contributed by atoms with Gasteiger partial charge in [0.05, 0.1) is 6.61 Å². The molecule has 1 atom stereocenters. The Hall–Kier alpha value is -1.74. The largest absolute Gasteiger partial charge is 0.392 e. The standard InChI is InChI=1S/C25H27ClOS/c1-18-6-7-21(14-19(18)2)15-23(22-4-3-5-24(26)16-22)12-13-28-25-10-8-20(17-27)9-11-25/h3-11,14,16,23,27H,12-13,15,17H2,1-2H3. The molecule has 0 amide bonds. The van der Waals surface area contributed by atoms with Gasteiger partial charge in [-0.1, -0.05) is 54.1 Å². The van der Waals surface area contributed by atoms with Gasteiger partial charge in [-0.05, 0) is 90.4 Å². The smallest absolute Gasteiger partial charge is 0.0681 e. The number of rotatable bonds is 8. The molecule has 146 valence electrons. The van der Waals surface area contributed by atoms with Gasteiger partial charge in [0.25, 0.3) is 0 Å². The van der Waals surface area contributed by atoms with E-state index >= 15 is 0 Å². The Balaban J connectivity index is 1.71. The normalized spacial score (nSPS) is 12.1. The van der Waals surface area contributed by atoms with Crippen molar-refractivity contribution < 1.29 is 5.11 Å². The molecular formula is C25H27ClOS. The van der Waals surface area contributed by atoms with Gasteiger partial charge in [0.1, 0.15) is 0 Å². The van der Waals surface area contributed by atoms with Gasteiger partial charge in [-0.2, -0.15) is 0 Å². The lowest BCUT2D eigenvalue weighted by molar-refractivity contribution is 0.282. The van der Waals surface area contributed by atoms with Gasteiger partial charge < -0.3 is 5.11 Å². The number of aliphatic hydroxyl groups is 1. The Bertz CT molecular complexity index is 905. The quantitative estimate of drug-likeness (QED) is 0.405. The summed E-state index contributed by atoms with van der Waals surface area (Å²) in [6.07, 6.45) is 2.10. The molecular weight excluding hydrogens is 384 g/mol. The molecule has 3 rings (SSSR count). The van der Waals surface area contributed by atoms with E-state index in [0.717, 1.165) is 29.2 Å². The van der Waals surface area contributed by atoms with Crippen LogP contribution in [-0.4, -0.2) is 10.9 Å². The van der Waals surface area contributed by atoms with Gasteiger partial charge in [0.15, 0.2) is 0 Å². The highest BCUT2D eigenvalue weighted by molar-refractivity contribution is 7.99. The van der Waals surface area contributed by atoms with Crippen LogP contribution in [0.5, 0.6) is 0 Å². The van der Waals surface area contributed by atoms with Gasteiger partial charge in [-0.3, -0.25) is 0 Å². The van der Waals surface area contributed by atoms with Crippen LogP contribution in [0.25, 0.3) is 0 Å². The van der Waals surface area contributed by atoms with Crippen LogP contribution in [-0.2, 0) is 13.0 Å². The van der Waals surface area contributed by atoms with Gasteiger partial charge in [0.2, 0.25) is 0 Å². The predicted molar refractivity (Wildman–Crippen MR) is 122 cm³/mol. The third-order valence-electron chi connectivity index (χ3n) is 5.21. The summed E-state index contributed by atoms with van der Waals surface area (Å²) in [6, 6.07) is 23.2. The van der Waals surface area contributed by atoms with E-state index in [1.807, 2.05) is 36.0 Å². The fourth-order valence-corrected chi connectivity index (χ4v) is 4.54. The van der Waals surface area contributed by atoms with E-state index < -0.39 is 0 Å². The van der Waals surface area contributed by atoms with E-state index in [1.54, 1.807) is 0 Å². The lowest BCUT2D eigenvalue weighted by atomic mass is 9.89. The van der Waals surface area contributed by atoms with Crippen LogP contribution in [0.3, 0.4) is 0 Å². The lowest BCUT2D eigenvalue weighted by Crippen LogP contribution is -2.05. The van der Waals surface area contributed by atoms with Crippen molar-refractivity contribution in [1.82, 2.24) is 0 Å². The van der Waals surface area contributed by atoms with Crippen LogP contribution >= 0.6 is 23.4 Å². The molecule has 0 aliphatic heterocycles. The number of hydrogen-bond donors (Lipinski definition) is 1. The van der Waals surface area contributed by atoms with Crippen molar-refractivity contribution in [1.29, 1.82) is 0 Å². The van der Waals surface area contributed by atoms with Crippen molar-refractivity contribution in [3.63, 3.8) is 0 Å². The maximum absolute atomic E-state index is 9.18. The molecule has 0 aliphatic carbocycles. The molecule has 1 N–H and O–H groups in total. The summed E-state index contributed by atoms with van der Waals surface area (Å²) in [5.74, 6) is 1.48. The van der Waals surface area contributed by atoms with Crippen LogP contribution in [0.1, 0.15) is 40.2 Å². The SMILES string of the molecule is Cc1ccc(CC(CCSc2ccc(CO)cc2)c2cccc(Cl)c2)cc1C. The van der Waals surface area contributed by atoms with E-state index in [0.29, 0.717) is 5.92 Å². The Kier molecular flexibility index (Phi) is 7.61. The summed E-state index contributed by atoms with van der Waals surface area (Å²) in [6.45, 7) is 4.43. The minimum absolute atomic E-state index is 0.0950. The second kappa shape index (κ2) is 10.2. The first-order chi connectivity index (χ1) is 13.5. The Labute approximate surface area is 177 Å². The zero-order valence-corrected chi connectivity index (χ0v) is 18.1. The topological polar surface area (TPSA) is 20.2 Å². The summed E-state index contributed by atoms with van der Waals surface area (Å²) in [5.41, 5.74) is 6.33. The molecule has 0 aliphatic rings. The first kappa shape index (κ1) is 21.0. The van der Waals surface area contributed by atoms with Crippen LogP contribution in [0.4, 0.5) is 0 Å². The number of hydrogen-bond acceptors (Lipinski definition) is 2. The van der Waals surface area contributed by atoms with E-state index in [2.05, 4.69) is 56.3 Å². The fourth-order valence-electron chi connectivity index (χ4n) is 3.37. The number of aliphatic hydroxyl groups excluding tert-OH is 1. The van der Waals surface area contributed by atoms with Crippen molar-refractivity contribution in [2.24, 2.45) is 0 Å². The Morgan fingerprint density at radius 2 is 1.64 bits per heavy atom. The molecule has 1 unspecified atom stereocenters. The Morgan fingerprint density at radius 1 is 0.893 bits per heavy atom. The van der Waals surface area contributed by atoms with Gasteiger partial charge in [-0.15, -0.1) is 11.8 Å². The van der Waals surface area contributed by atoms with Gasteiger partial charge in [0, 0.05) is 9.92 Å². The molecule has 3 aromatic rings. The number of benzene rings is 3. The van der Waals surface area contributed by atoms with Gasteiger partial charge >= 0.3 is 0 Å². The molecule has 0 fully saturated rings. The fraction of sp³-hybridized carbons (Fsp3) is 0.280. The third kappa shape index (κ3) is 5.88. The third-order valence-corrected chi connectivity index (χ3v) is 6.49. The highest BCUT2D eigenvalue weighted by Gasteiger charge is 2.14. The summed E-state index contributed by atoms with van der Waals surface area (Å²) < 4.78 is 0. The van der Waals surface area contributed by atoms with Crippen molar-refractivity contribution in [3.05, 3.63) is 99.6 Å². The molecule has 3 aromatic carbocycles. The second-order valence-corrected chi connectivity index (χ2v) is 8.92. The number of halogens is 1. The maximum Gasteiger partial charge on any atom is 0.0681 e. The summed E-state index contributed by atoms with van der Waals surface area (Å²) in [4.78, 5) is 1.24. The Morgan fingerprint density at radius 3 is 2.32 bits per heavy atom. The maximum atomic E-state index is 9.18. The van der Waals surface area contributed by atoms with Crippen LogP contribution < -0.4 is 0 Å². The highest BCUT2D eigenvalue weighted by atomic mass is 35.5. The van der Waals surface area contributed by atoms with Gasteiger partial charge in [-0.25, -0.2) is 0 Å². The van der Waals surface area contributed by atoms with Crippen LogP contribution in [0, 0.1) is 13.8 Å². The monoisotopic (exact) mass is 410 g/mol. The molecule has 0 aromatic heterocycles. The molecule has 28 heavy (non-hydrogen) atoms. The number of thioether (sulfide) groups is 1. The first-order valence-corrected chi connectivity index (χ1v) is 11.1. The molecule has 0 heterocycles. The second-order valence-electron chi connectivity index (χ2n) is 7.31. The zero-order chi connectivity index (χ0) is 19.9. The van der Waals surface area contributed by atoms with Crippen molar-refractivity contribution in [3.8, 4) is 0 Å². The number of aryl methyl sites for hydroxylation is 2. The van der Waals surface area contributed by atoms with E-state index in [4.69, 9.17) is 11.6 Å². The predicted octanol–water partition coefficient (Wildman–Crippen LogP) is 6.96. The van der Waals surface area contributed by atoms with Crippen molar-refractivity contribution in [2.75, 3.05) is 5.75 Å². The average Bonchev–Trinajstić information content (AvgIpc) is 2.70. The molecule has 0 radical (unpaired) electrons. The summed E-state index contributed by atoms with van der Waals surface area (Å²) in [5, 5.41) is 9.99. The molecule has 1 nitrogen and oxygen atoms in total. The molecule has 0 bridgehead atoms. The highest BCUT2D eigenvalue weighted by Crippen LogP contribution is 2.30. The van der Waals surface area contributed by atoms with Crippen LogP contribution in [0.2, 0.25) is 5.02 Å². The van der Waals surface area contributed by atoms with E-state index in [1.165, 1.54) is 27.1 Å². The minimum Gasteiger partial charge on any atom is -0.392 e. The van der Waals surface area contributed by atoms with Crippen LogP contribution in [0.15, 0.2) is 71.6 Å². The molecule has 3 heteroatoms. The van der Waals surface area contributed by atoms with Crippen molar-refractivity contribution >= 4 is 23.4 Å². The molecule has 0 spiro atoms.